The molecule has 0 spiro atoms. The molecule has 3 aliphatic rings. The van der Waals surface area contributed by atoms with E-state index in [4.69, 9.17) is 11.6 Å². The molecule has 2 atom stereocenters. The van der Waals surface area contributed by atoms with Crippen LogP contribution in [0.25, 0.3) is 0 Å². The Hall–Kier alpha value is -1.91. The number of hydrogen-bond donors (Lipinski definition) is 1. The van der Waals surface area contributed by atoms with E-state index >= 15 is 0 Å². The first-order valence-corrected chi connectivity index (χ1v) is 10.3. The van der Waals surface area contributed by atoms with Crippen LogP contribution in [0.1, 0.15) is 31.7 Å². The largest absolute Gasteiger partial charge is 0.326 e. The van der Waals surface area contributed by atoms with Crippen LogP contribution in [0.2, 0.25) is 5.02 Å². The number of amides is 1. The van der Waals surface area contributed by atoms with E-state index in [0.29, 0.717) is 17.5 Å². The van der Waals surface area contributed by atoms with Gasteiger partial charge in [0.2, 0.25) is 5.91 Å². The van der Waals surface area contributed by atoms with E-state index in [9.17, 15) is 9.18 Å². The van der Waals surface area contributed by atoms with Crippen molar-refractivity contribution in [3.8, 4) is 0 Å². The molecule has 148 valence electrons. The highest BCUT2D eigenvalue weighted by molar-refractivity contribution is 6.30. The number of hydrogen-bond acceptors (Lipinski definition) is 2. The van der Waals surface area contributed by atoms with Gasteiger partial charge in [-0.1, -0.05) is 30.7 Å². The number of carbonyl (C=O) groups is 1. The van der Waals surface area contributed by atoms with Gasteiger partial charge in [-0.3, -0.25) is 9.69 Å². The van der Waals surface area contributed by atoms with Crippen LogP contribution < -0.4 is 5.32 Å². The molecule has 1 N–H and O–H groups in total. The van der Waals surface area contributed by atoms with Crippen LogP contribution in [0.5, 0.6) is 0 Å². The van der Waals surface area contributed by atoms with E-state index in [0.717, 1.165) is 30.8 Å². The average Bonchev–Trinajstić information content (AvgIpc) is 3.20. The van der Waals surface area contributed by atoms with Crippen molar-refractivity contribution in [1.29, 1.82) is 0 Å². The summed E-state index contributed by atoms with van der Waals surface area (Å²) in [7, 11) is 2.18. The van der Waals surface area contributed by atoms with Gasteiger partial charge in [0.25, 0.3) is 0 Å². The van der Waals surface area contributed by atoms with Crippen LogP contribution in [-0.2, 0) is 11.3 Å². The van der Waals surface area contributed by atoms with E-state index in [1.54, 1.807) is 12.1 Å². The Labute approximate surface area is 170 Å². The van der Waals surface area contributed by atoms with Crippen LogP contribution in [0.15, 0.2) is 48.5 Å². The number of carbonyl (C=O) groups excluding carboxylic acids is 1. The predicted octanol–water partition coefficient (Wildman–Crippen LogP) is 5.35. The van der Waals surface area contributed by atoms with Crippen molar-refractivity contribution in [3.63, 3.8) is 0 Å². The zero-order chi connectivity index (χ0) is 19.9. The molecule has 0 unspecified atom stereocenters. The van der Waals surface area contributed by atoms with Gasteiger partial charge < -0.3 is 5.32 Å². The number of halogens is 2. The highest BCUT2D eigenvalue weighted by Gasteiger charge is 2.59. The van der Waals surface area contributed by atoms with Crippen molar-refractivity contribution in [2.75, 3.05) is 12.4 Å². The fourth-order valence-electron chi connectivity index (χ4n) is 5.10. The zero-order valence-corrected chi connectivity index (χ0v) is 17.0. The monoisotopic (exact) mass is 400 g/mol. The molecule has 28 heavy (non-hydrogen) atoms. The lowest BCUT2D eigenvalue weighted by Gasteiger charge is -2.46. The Kier molecular flexibility index (Phi) is 5.19. The molecule has 5 rings (SSSR count). The molecular formula is C23H26ClFN2O. The summed E-state index contributed by atoms with van der Waals surface area (Å²) in [6.45, 7) is 2.89. The third-order valence-corrected chi connectivity index (χ3v) is 7.03. The second kappa shape index (κ2) is 7.49. The van der Waals surface area contributed by atoms with Gasteiger partial charge in [0.15, 0.2) is 0 Å². The summed E-state index contributed by atoms with van der Waals surface area (Å²) in [5.41, 5.74) is 2.07. The Morgan fingerprint density at radius 1 is 1.25 bits per heavy atom. The van der Waals surface area contributed by atoms with Crippen LogP contribution in [-0.4, -0.2) is 23.4 Å². The number of benzene rings is 2. The van der Waals surface area contributed by atoms with E-state index in [2.05, 4.69) is 23.3 Å². The number of anilines is 1. The van der Waals surface area contributed by atoms with E-state index in [1.807, 2.05) is 25.1 Å². The molecule has 3 nitrogen and oxygen atoms in total. The van der Waals surface area contributed by atoms with Gasteiger partial charge in [-0.05, 0) is 80.1 Å². The maximum absolute atomic E-state index is 13.1. The van der Waals surface area contributed by atoms with Crippen molar-refractivity contribution < 1.29 is 9.18 Å². The molecule has 1 amide bonds. The van der Waals surface area contributed by atoms with Crippen molar-refractivity contribution in [3.05, 3.63) is 64.9 Å². The summed E-state index contributed by atoms with van der Waals surface area (Å²) in [6, 6.07) is 14.0. The first-order valence-electron chi connectivity index (χ1n) is 9.88. The zero-order valence-electron chi connectivity index (χ0n) is 16.3. The molecule has 0 heterocycles. The van der Waals surface area contributed by atoms with Crippen molar-refractivity contribution >= 4 is 23.2 Å². The van der Waals surface area contributed by atoms with Gasteiger partial charge in [0.05, 0.1) is 0 Å². The number of nitrogens with one attached hydrogen (secondary N) is 1. The third kappa shape index (κ3) is 3.68. The Morgan fingerprint density at radius 2 is 1.96 bits per heavy atom. The first-order chi connectivity index (χ1) is 13.4. The van der Waals surface area contributed by atoms with Gasteiger partial charge in [-0.25, -0.2) is 4.39 Å². The number of fused-ring (bicyclic) bond motifs is 1. The molecule has 3 saturated carbocycles. The summed E-state index contributed by atoms with van der Waals surface area (Å²) in [5.74, 6) is 0.668. The number of nitrogens with zero attached hydrogens (tertiary/aromatic N) is 1. The molecule has 0 aliphatic heterocycles. The van der Waals surface area contributed by atoms with Crippen LogP contribution in [0.4, 0.5) is 10.1 Å². The van der Waals surface area contributed by atoms with Gasteiger partial charge in [0.1, 0.15) is 5.82 Å². The molecule has 5 heteroatoms. The smallest absolute Gasteiger partial charge is 0.227 e. The van der Waals surface area contributed by atoms with Crippen LogP contribution in [0.3, 0.4) is 0 Å². The average molecular weight is 401 g/mol. The summed E-state index contributed by atoms with van der Waals surface area (Å²) in [5, 5.41) is 3.71. The van der Waals surface area contributed by atoms with Crippen molar-refractivity contribution in [1.82, 2.24) is 4.90 Å². The molecule has 2 aromatic carbocycles. The van der Waals surface area contributed by atoms with E-state index < -0.39 is 0 Å². The highest BCUT2D eigenvalue weighted by Crippen LogP contribution is 2.60. The highest BCUT2D eigenvalue weighted by atomic mass is 35.5. The first kappa shape index (κ1) is 19.4. The fraction of sp³-hybridized carbons (Fsp3) is 0.435. The molecule has 2 bridgehead atoms. The molecular weight excluding hydrogens is 375 g/mol. The lowest BCUT2D eigenvalue weighted by atomic mass is 9.74. The number of rotatable bonds is 6. The minimum atomic E-state index is -0.299. The van der Waals surface area contributed by atoms with Gasteiger partial charge in [0, 0.05) is 28.7 Å². The fourth-order valence-corrected chi connectivity index (χ4v) is 5.32. The molecule has 0 aromatic heterocycles. The lowest BCUT2D eigenvalue weighted by molar-refractivity contribution is -0.121. The van der Waals surface area contributed by atoms with Gasteiger partial charge in [-0.15, -0.1) is 0 Å². The topological polar surface area (TPSA) is 32.3 Å². The minimum Gasteiger partial charge on any atom is -0.326 e. The summed E-state index contributed by atoms with van der Waals surface area (Å²) in [6.07, 6.45) is 3.36. The SMILES string of the molecule is C[C@H](C(=O)Nc1ccc(F)cc1)[C@@H]1CC2(N(C)Cc3cccc(Cl)c3)CC1C2. The lowest BCUT2D eigenvalue weighted by Crippen LogP contribution is -2.49. The second-order valence-electron chi connectivity index (χ2n) is 8.53. The standard InChI is InChI=1S/C23H26ClFN2O/c1-15(22(28)26-20-8-6-19(25)7-9-20)21-13-23(11-17(21)12-23)27(2)14-16-4-3-5-18(24)10-16/h3-10,15,17,21H,11-14H2,1-2H3,(H,26,28)/t15-,17?,21-,23?/m0/s1. The maximum Gasteiger partial charge on any atom is 0.227 e. The molecule has 2 aromatic rings. The predicted molar refractivity (Wildman–Crippen MR) is 111 cm³/mol. The normalized spacial score (nSPS) is 26.8. The Morgan fingerprint density at radius 3 is 2.64 bits per heavy atom. The second-order valence-corrected chi connectivity index (χ2v) is 8.97. The molecule has 0 saturated heterocycles. The summed E-state index contributed by atoms with van der Waals surface area (Å²) in [4.78, 5) is 15.2. The third-order valence-electron chi connectivity index (χ3n) is 6.79. The molecule has 3 aliphatic carbocycles. The maximum atomic E-state index is 13.1. The summed E-state index contributed by atoms with van der Waals surface area (Å²) < 4.78 is 13.1. The minimum absolute atomic E-state index is 0.0248. The van der Waals surface area contributed by atoms with Crippen LogP contribution in [0, 0.1) is 23.6 Å². The molecule has 0 radical (unpaired) electrons. The Balaban J connectivity index is 1.37. The van der Waals surface area contributed by atoms with E-state index in [1.165, 1.54) is 17.7 Å². The van der Waals surface area contributed by atoms with Crippen molar-refractivity contribution in [2.24, 2.45) is 17.8 Å². The van der Waals surface area contributed by atoms with Gasteiger partial charge >= 0.3 is 0 Å². The van der Waals surface area contributed by atoms with Gasteiger partial charge in [-0.2, -0.15) is 0 Å². The quantitative estimate of drug-likeness (QED) is 0.708. The molecule has 3 fully saturated rings. The summed E-state index contributed by atoms with van der Waals surface area (Å²) >= 11 is 6.12. The van der Waals surface area contributed by atoms with Crippen LogP contribution >= 0.6 is 11.6 Å². The Bertz CT molecular complexity index is 863. The van der Waals surface area contributed by atoms with Crippen molar-refractivity contribution in [2.45, 2.75) is 38.3 Å². The van der Waals surface area contributed by atoms with E-state index in [-0.39, 0.29) is 23.2 Å².